The van der Waals surface area contributed by atoms with Crippen LogP contribution < -0.4 is 4.72 Å². The topological polar surface area (TPSA) is 59.1 Å². The molecule has 19 heavy (non-hydrogen) atoms. The predicted octanol–water partition coefficient (Wildman–Crippen LogP) is 2.98. The van der Waals surface area contributed by atoms with Crippen LogP contribution in [0, 0.1) is 12.7 Å². The molecule has 0 aliphatic rings. The van der Waals surface area contributed by atoms with Gasteiger partial charge in [-0.3, -0.25) is 4.72 Å². The number of nitrogens with zero attached hydrogens (tertiary/aromatic N) is 1. The second kappa shape index (κ2) is 5.14. The Bertz CT molecular complexity index is 702. The summed E-state index contributed by atoms with van der Waals surface area (Å²) in [6.45, 7) is 1.49. The first-order valence-corrected chi connectivity index (χ1v) is 7.15. The molecule has 0 radical (unpaired) electrons. The lowest BCUT2D eigenvalue weighted by Gasteiger charge is -2.08. The third kappa shape index (κ3) is 3.21. The van der Waals surface area contributed by atoms with E-state index in [2.05, 4.69) is 9.71 Å². The van der Waals surface area contributed by atoms with Gasteiger partial charge in [-0.15, -0.1) is 0 Å². The zero-order chi connectivity index (χ0) is 14.0. The van der Waals surface area contributed by atoms with Crippen molar-refractivity contribution in [2.45, 2.75) is 11.8 Å². The van der Waals surface area contributed by atoms with E-state index in [0.29, 0.717) is 5.02 Å². The quantitative estimate of drug-likeness (QED) is 0.948. The first-order chi connectivity index (χ1) is 8.88. The number of aryl methyl sites for hydroxylation is 1. The summed E-state index contributed by atoms with van der Waals surface area (Å²) in [6, 6.07) is 6.52. The van der Waals surface area contributed by atoms with E-state index in [0.717, 1.165) is 6.07 Å². The van der Waals surface area contributed by atoms with Gasteiger partial charge in [0.1, 0.15) is 11.6 Å². The lowest BCUT2D eigenvalue weighted by Crippen LogP contribution is -2.14. The summed E-state index contributed by atoms with van der Waals surface area (Å²) in [4.78, 5) is 3.81. The molecule has 0 fully saturated rings. The van der Waals surface area contributed by atoms with Crippen LogP contribution >= 0.6 is 11.6 Å². The Kier molecular flexibility index (Phi) is 3.73. The lowest BCUT2D eigenvalue weighted by atomic mass is 10.2. The van der Waals surface area contributed by atoms with E-state index < -0.39 is 15.8 Å². The van der Waals surface area contributed by atoms with Gasteiger partial charge in [0.05, 0.1) is 9.92 Å². The van der Waals surface area contributed by atoms with Gasteiger partial charge in [0.15, 0.2) is 0 Å². The van der Waals surface area contributed by atoms with E-state index in [1.807, 2.05) is 0 Å². The van der Waals surface area contributed by atoms with Gasteiger partial charge in [-0.1, -0.05) is 11.6 Å². The van der Waals surface area contributed by atoms with Crippen LogP contribution in [0.4, 0.5) is 10.2 Å². The van der Waals surface area contributed by atoms with Gasteiger partial charge in [0.2, 0.25) is 0 Å². The first kappa shape index (κ1) is 13.8. The summed E-state index contributed by atoms with van der Waals surface area (Å²) in [5.74, 6) is -0.310. The molecular formula is C12H10ClFN2O2S. The van der Waals surface area contributed by atoms with Crippen LogP contribution in [0.5, 0.6) is 0 Å². The van der Waals surface area contributed by atoms with Gasteiger partial charge in [-0.05, 0) is 42.8 Å². The molecule has 0 spiro atoms. The van der Waals surface area contributed by atoms with E-state index in [-0.39, 0.29) is 16.3 Å². The molecule has 0 aliphatic heterocycles. The molecule has 0 saturated carbocycles. The van der Waals surface area contributed by atoms with Crippen molar-refractivity contribution in [3.8, 4) is 0 Å². The van der Waals surface area contributed by atoms with E-state index in [4.69, 9.17) is 11.6 Å². The number of halogens is 2. The van der Waals surface area contributed by atoms with E-state index in [1.54, 1.807) is 0 Å². The molecule has 1 aromatic carbocycles. The number of rotatable bonds is 3. The Morgan fingerprint density at radius 2 is 2.00 bits per heavy atom. The molecule has 100 valence electrons. The van der Waals surface area contributed by atoms with E-state index in [9.17, 15) is 12.8 Å². The molecule has 4 nitrogen and oxygen atoms in total. The van der Waals surface area contributed by atoms with Gasteiger partial charge >= 0.3 is 0 Å². The summed E-state index contributed by atoms with van der Waals surface area (Å²) in [5, 5.41) is 0.403. The highest BCUT2D eigenvalue weighted by Gasteiger charge is 2.15. The summed E-state index contributed by atoms with van der Waals surface area (Å²) in [6.07, 6.45) is 1.33. The molecule has 7 heteroatoms. The van der Waals surface area contributed by atoms with Crippen LogP contribution in [-0.4, -0.2) is 13.4 Å². The molecule has 0 unspecified atom stereocenters. The van der Waals surface area contributed by atoms with Gasteiger partial charge in [0.25, 0.3) is 10.0 Å². The van der Waals surface area contributed by atoms with Crippen molar-refractivity contribution in [3.63, 3.8) is 0 Å². The fraction of sp³-hybridized carbons (Fsp3) is 0.0833. The highest BCUT2D eigenvalue weighted by atomic mass is 35.5. The van der Waals surface area contributed by atoms with Crippen molar-refractivity contribution in [2.75, 3.05) is 4.72 Å². The average Bonchev–Trinajstić information content (AvgIpc) is 2.35. The third-order valence-electron chi connectivity index (χ3n) is 2.41. The van der Waals surface area contributed by atoms with Crippen LogP contribution in [0.2, 0.25) is 5.02 Å². The molecule has 0 aliphatic carbocycles. The average molecular weight is 301 g/mol. The number of hydrogen-bond donors (Lipinski definition) is 1. The Hall–Kier alpha value is -1.66. The Balaban J connectivity index is 2.32. The smallest absolute Gasteiger partial charge is 0.263 e. The number of aromatic nitrogens is 1. The Labute approximate surface area is 115 Å². The van der Waals surface area contributed by atoms with Gasteiger partial charge in [0, 0.05) is 6.20 Å². The zero-order valence-corrected chi connectivity index (χ0v) is 11.5. The molecule has 0 saturated heterocycles. The second-order valence-corrected chi connectivity index (χ2v) is 6.00. The number of hydrogen-bond acceptors (Lipinski definition) is 3. The maximum Gasteiger partial charge on any atom is 0.263 e. The van der Waals surface area contributed by atoms with Crippen LogP contribution in [0.15, 0.2) is 41.4 Å². The Morgan fingerprint density at radius 3 is 2.58 bits per heavy atom. The predicted molar refractivity (Wildman–Crippen MR) is 71.2 cm³/mol. The Morgan fingerprint density at radius 1 is 1.26 bits per heavy atom. The molecule has 1 N–H and O–H groups in total. The number of sulfonamides is 1. The van der Waals surface area contributed by atoms with Crippen molar-refractivity contribution >= 4 is 27.4 Å². The molecule has 2 rings (SSSR count). The van der Waals surface area contributed by atoms with Crippen molar-refractivity contribution < 1.29 is 12.8 Å². The maximum absolute atomic E-state index is 13.1. The monoisotopic (exact) mass is 300 g/mol. The highest BCUT2D eigenvalue weighted by molar-refractivity contribution is 7.92. The molecule has 1 aromatic heterocycles. The number of benzene rings is 1. The molecule has 0 atom stereocenters. The SMILES string of the molecule is Cc1cc(S(=O)(=O)Nc2ccc(Cl)cn2)ccc1F. The van der Waals surface area contributed by atoms with Crippen molar-refractivity contribution in [1.29, 1.82) is 0 Å². The first-order valence-electron chi connectivity index (χ1n) is 5.29. The normalized spacial score (nSPS) is 11.3. The molecular weight excluding hydrogens is 291 g/mol. The van der Waals surface area contributed by atoms with Crippen molar-refractivity contribution in [1.82, 2.24) is 4.98 Å². The minimum atomic E-state index is -3.79. The molecule has 1 heterocycles. The second-order valence-electron chi connectivity index (χ2n) is 3.88. The number of nitrogens with one attached hydrogen (secondary N) is 1. The molecule has 0 amide bonds. The van der Waals surface area contributed by atoms with Gasteiger partial charge < -0.3 is 0 Å². The largest absolute Gasteiger partial charge is 0.263 e. The van der Waals surface area contributed by atoms with E-state index >= 15 is 0 Å². The standard InChI is InChI=1S/C12H10ClFN2O2S/c1-8-6-10(3-4-11(8)14)19(17,18)16-12-5-2-9(13)7-15-12/h2-7H,1H3,(H,15,16). The van der Waals surface area contributed by atoms with Gasteiger partial charge in [-0.2, -0.15) is 0 Å². The minimum absolute atomic E-state index is 0.0249. The van der Waals surface area contributed by atoms with Crippen molar-refractivity contribution in [3.05, 3.63) is 52.9 Å². The summed E-state index contributed by atoms with van der Waals surface area (Å²) < 4.78 is 39.5. The minimum Gasteiger partial charge on any atom is -0.263 e. The number of anilines is 1. The lowest BCUT2D eigenvalue weighted by molar-refractivity contribution is 0.598. The van der Waals surface area contributed by atoms with E-state index in [1.165, 1.54) is 37.4 Å². The highest BCUT2D eigenvalue weighted by Crippen LogP contribution is 2.18. The molecule has 2 aromatic rings. The van der Waals surface area contributed by atoms with Crippen LogP contribution in [0.25, 0.3) is 0 Å². The fourth-order valence-corrected chi connectivity index (χ4v) is 2.62. The van der Waals surface area contributed by atoms with Crippen LogP contribution in [0.1, 0.15) is 5.56 Å². The summed E-state index contributed by atoms with van der Waals surface area (Å²) in [5.41, 5.74) is 0.256. The summed E-state index contributed by atoms with van der Waals surface area (Å²) in [7, 11) is -3.79. The fourth-order valence-electron chi connectivity index (χ4n) is 1.42. The maximum atomic E-state index is 13.1. The third-order valence-corrected chi connectivity index (χ3v) is 3.98. The van der Waals surface area contributed by atoms with Crippen LogP contribution in [-0.2, 0) is 10.0 Å². The summed E-state index contributed by atoms with van der Waals surface area (Å²) >= 11 is 5.66. The number of pyridine rings is 1. The van der Waals surface area contributed by atoms with Crippen LogP contribution in [0.3, 0.4) is 0 Å². The molecule has 0 bridgehead atoms. The van der Waals surface area contributed by atoms with Gasteiger partial charge in [-0.25, -0.2) is 17.8 Å². The zero-order valence-electron chi connectivity index (χ0n) is 9.89. The van der Waals surface area contributed by atoms with Crippen molar-refractivity contribution in [2.24, 2.45) is 0 Å².